The Labute approximate surface area is 140 Å². The lowest BCUT2D eigenvalue weighted by molar-refractivity contribution is 0.0159. The number of halogens is 1. The second-order valence-electron chi connectivity index (χ2n) is 6.23. The monoisotopic (exact) mass is 328 g/mol. The summed E-state index contributed by atoms with van der Waals surface area (Å²) in [5, 5.41) is 16.5. The summed E-state index contributed by atoms with van der Waals surface area (Å²) in [6.45, 7) is 0.468. The molecule has 1 aliphatic carbocycles. The number of carbonyl (C=O) groups is 1. The minimum Gasteiger partial charge on any atom is -0.383 e. The van der Waals surface area contributed by atoms with Crippen molar-refractivity contribution >= 4 is 6.03 Å². The number of amides is 2. The van der Waals surface area contributed by atoms with Crippen LogP contribution in [0.15, 0.2) is 54.6 Å². The van der Waals surface area contributed by atoms with E-state index in [-0.39, 0.29) is 24.3 Å². The van der Waals surface area contributed by atoms with Gasteiger partial charge in [-0.05, 0) is 42.0 Å². The topological polar surface area (TPSA) is 61.4 Å². The van der Waals surface area contributed by atoms with Gasteiger partial charge in [0.1, 0.15) is 11.4 Å². The maximum atomic E-state index is 12.9. The van der Waals surface area contributed by atoms with Crippen molar-refractivity contribution in [1.29, 1.82) is 0 Å². The van der Waals surface area contributed by atoms with E-state index in [1.807, 2.05) is 30.3 Å². The van der Waals surface area contributed by atoms with Gasteiger partial charge in [-0.25, -0.2) is 9.18 Å². The van der Waals surface area contributed by atoms with Crippen LogP contribution in [0.2, 0.25) is 0 Å². The van der Waals surface area contributed by atoms with Gasteiger partial charge in [-0.1, -0.05) is 42.5 Å². The molecule has 0 aliphatic heterocycles. The number of carbonyl (C=O) groups excluding carboxylic acids is 1. The third-order valence-electron chi connectivity index (χ3n) is 4.41. The zero-order valence-electron chi connectivity index (χ0n) is 13.3. The highest BCUT2D eigenvalue weighted by Crippen LogP contribution is 2.45. The molecule has 1 fully saturated rings. The predicted octanol–water partition coefficient (Wildman–Crippen LogP) is 2.92. The molecule has 0 aromatic heterocycles. The molecule has 3 N–H and O–H groups in total. The van der Waals surface area contributed by atoms with Gasteiger partial charge in [0.2, 0.25) is 0 Å². The Morgan fingerprint density at radius 1 is 1.08 bits per heavy atom. The molecule has 3 rings (SSSR count). The van der Waals surface area contributed by atoms with Crippen molar-refractivity contribution in [3.63, 3.8) is 0 Å². The Morgan fingerprint density at radius 3 is 2.38 bits per heavy atom. The van der Waals surface area contributed by atoms with Gasteiger partial charge in [0, 0.05) is 6.54 Å². The quantitative estimate of drug-likeness (QED) is 0.763. The van der Waals surface area contributed by atoms with E-state index in [0.717, 1.165) is 24.0 Å². The van der Waals surface area contributed by atoms with Crippen molar-refractivity contribution in [2.75, 3.05) is 6.54 Å². The number of aliphatic hydroxyl groups is 1. The molecule has 0 unspecified atom stereocenters. The number of hydrogen-bond acceptors (Lipinski definition) is 2. The van der Waals surface area contributed by atoms with E-state index in [0.29, 0.717) is 6.54 Å². The summed E-state index contributed by atoms with van der Waals surface area (Å²) in [7, 11) is 0. The molecule has 0 spiro atoms. The molecule has 0 saturated heterocycles. The highest BCUT2D eigenvalue weighted by atomic mass is 19.1. The van der Waals surface area contributed by atoms with Gasteiger partial charge in [0.25, 0.3) is 0 Å². The van der Waals surface area contributed by atoms with Crippen molar-refractivity contribution in [3.05, 3.63) is 71.5 Å². The molecule has 2 aromatic carbocycles. The molecule has 24 heavy (non-hydrogen) atoms. The first-order valence-corrected chi connectivity index (χ1v) is 8.12. The Morgan fingerprint density at radius 2 is 1.75 bits per heavy atom. The number of urea groups is 1. The summed E-state index contributed by atoms with van der Waals surface area (Å²) in [5.74, 6) is -0.127. The third-order valence-corrected chi connectivity index (χ3v) is 4.41. The first kappa shape index (κ1) is 16.5. The summed E-state index contributed by atoms with van der Waals surface area (Å²) in [4.78, 5) is 12.0. The van der Waals surface area contributed by atoms with Gasteiger partial charge < -0.3 is 15.7 Å². The van der Waals surface area contributed by atoms with Crippen LogP contribution in [0.25, 0.3) is 0 Å². The Hall–Kier alpha value is -2.40. The second kappa shape index (κ2) is 7.01. The second-order valence-corrected chi connectivity index (χ2v) is 6.23. The standard InChI is InChI=1S/C19H21FN2O2/c20-17-10-6-14(7-11-17)12-21-18(23)22-13-19(24,16-8-9-16)15-4-2-1-3-5-15/h1-7,10-11,16,24H,8-9,12-13H2,(H2,21,22,23)/t19-/m1/s1. The summed E-state index contributed by atoms with van der Waals surface area (Å²) in [6, 6.07) is 15.1. The molecule has 4 nitrogen and oxygen atoms in total. The van der Waals surface area contributed by atoms with Gasteiger partial charge in [-0.15, -0.1) is 0 Å². The first-order chi connectivity index (χ1) is 11.6. The van der Waals surface area contributed by atoms with E-state index in [2.05, 4.69) is 10.6 Å². The lowest BCUT2D eigenvalue weighted by Gasteiger charge is -2.29. The Kier molecular flexibility index (Phi) is 4.81. The maximum Gasteiger partial charge on any atom is 0.315 e. The van der Waals surface area contributed by atoms with Gasteiger partial charge in [0.15, 0.2) is 0 Å². The van der Waals surface area contributed by atoms with Crippen LogP contribution >= 0.6 is 0 Å². The highest BCUT2D eigenvalue weighted by molar-refractivity contribution is 5.74. The fraction of sp³-hybridized carbons (Fsp3) is 0.316. The van der Waals surface area contributed by atoms with Crippen molar-refractivity contribution in [2.45, 2.75) is 25.0 Å². The largest absolute Gasteiger partial charge is 0.383 e. The molecule has 126 valence electrons. The van der Waals surface area contributed by atoms with Crippen molar-refractivity contribution < 1.29 is 14.3 Å². The molecular formula is C19H21FN2O2. The molecule has 0 heterocycles. The average Bonchev–Trinajstić information content (AvgIpc) is 3.45. The van der Waals surface area contributed by atoms with Crippen LogP contribution in [0.3, 0.4) is 0 Å². The van der Waals surface area contributed by atoms with Crippen molar-refractivity contribution in [2.24, 2.45) is 5.92 Å². The zero-order chi connectivity index (χ0) is 17.0. The van der Waals surface area contributed by atoms with Crippen molar-refractivity contribution in [3.8, 4) is 0 Å². The van der Waals surface area contributed by atoms with Gasteiger partial charge >= 0.3 is 6.03 Å². The van der Waals surface area contributed by atoms with Crippen LogP contribution in [0.1, 0.15) is 24.0 Å². The number of benzene rings is 2. The summed E-state index contributed by atoms with van der Waals surface area (Å²) < 4.78 is 12.9. The average molecular weight is 328 g/mol. The van der Waals surface area contributed by atoms with Crippen molar-refractivity contribution in [1.82, 2.24) is 10.6 Å². The Balaban J connectivity index is 1.55. The third kappa shape index (κ3) is 3.92. The first-order valence-electron chi connectivity index (χ1n) is 8.12. The van der Waals surface area contributed by atoms with E-state index in [1.54, 1.807) is 12.1 Å². The fourth-order valence-electron chi connectivity index (χ4n) is 2.83. The molecule has 2 amide bonds. The van der Waals surface area contributed by atoms with Crippen LogP contribution in [-0.4, -0.2) is 17.7 Å². The lowest BCUT2D eigenvalue weighted by Crippen LogP contribution is -2.45. The predicted molar refractivity (Wildman–Crippen MR) is 89.7 cm³/mol. The SMILES string of the molecule is O=C(NCc1ccc(F)cc1)NC[C@@](O)(c1ccccc1)C1CC1. The maximum absolute atomic E-state index is 12.9. The van der Waals surface area contributed by atoms with E-state index in [1.165, 1.54) is 12.1 Å². The number of hydrogen-bond donors (Lipinski definition) is 3. The van der Waals surface area contributed by atoms with E-state index in [4.69, 9.17) is 0 Å². The van der Waals surface area contributed by atoms with Gasteiger partial charge in [-0.3, -0.25) is 0 Å². The van der Waals surface area contributed by atoms with E-state index < -0.39 is 5.60 Å². The van der Waals surface area contributed by atoms with Gasteiger partial charge in [0.05, 0.1) is 6.54 Å². The smallest absolute Gasteiger partial charge is 0.315 e. The zero-order valence-corrected chi connectivity index (χ0v) is 13.3. The molecule has 0 bridgehead atoms. The van der Waals surface area contributed by atoms with Crippen LogP contribution in [0.5, 0.6) is 0 Å². The van der Waals surface area contributed by atoms with Crippen LogP contribution in [-0.2, 0) is 12.1 Å². The van der Waals surface area contributed by atoms with Crippen LogP contribution in [0, 0.1) is 11.7 Å². The molecule has 5 heteroatoms. The van der Waals surface area contributed by atoms with Gasteiger partial charge in [-0.2, -0.15) is 0 Å². The fourth-order valence-corrected chi connectivity index (χ4v) is 2.83. The molecule has 1 saturated carbocycles. The molecule has 1 aliphatic rings. The van der Waals surface area contributed by atoms with E-state index in [9.17, 15) is 14.3 Å². The normalized spacial score (nSPS) is 16.2. The highest BCUT2D eigenvalue weighted by Gasteiger charge is 2.45. The van der Waals surface area contributed by atoms with Crippen LogP contribution in [0.4, 0.5) is 9.18 Å². The minimum atomic E-state index is -1.03. The van der Waals surface area contributed by atoms with E-state index >= 15 is 0 Å². The summed E-state index contributed by atoms with van der Waals surface area (Å²) in [6.07, 6.45) is 1.93. The molecule has 2 aromatic rings. The molecular weight excluding hydrogens is 307 g/mol. The van der Waals surface area contributed by atoms with Crippen LogP contribution < -0.4 is 10.6 Å². The molecule has 1 atom stereocenters. The summed E-state index contributed by atoms with van der Waals surface area (Å²) >= 11 is 0. The Bertz CT molecular complexity index is 686. The summed E-state index contributed by atoms with van der Waals surface area (Å²) in [5.41, 5.74) is 0.604. The lowest BCUT2D eigenvalue weighted by atomic mass is 9.89. The number of rotatable bonds is 6. The number of nitrogens with one attached hydrogen (secondary N) is 2. The molecule has 0 radical (unpaired) electrons. The minimum absolute atomic E-state index is 0.164.